The molecule has 1 atom stereocenters. The number of carboxylic acid groups (broad SMARTS) is 1. The Labute approximate surface area is 79.5 Å². The van der Waals surface area contributed by atoms with E-state index in [1.807, 2.05) is 0 Å². The third-order valence-electron chi connectivity index (χ3n) is 1.23. The fraction of sp³-hybridized carbons (Fsp3) is 0.833. The molecular formula is C6H12O5S2. The lowest BCUT2D eigenvalue weighted by atomic mass is 10.5. The van der Waals surface area contributed by atoms with Crippen LogP contribution in [0.1, 0.15) is 6.42 Å². The lowest BCUT2D eigenvalue weighted by Crippen LogP contribution is -2.15. The first-order valence-corrected chi connectivity index (χ1v) is 7.10. The van der Waals surface area contributed by atoms with E-state index in [0.717, 1.165) is 6.26 Å². The van der Waals surface area contributed by atoms with Crippen LogP contribution in [-0.4, -0.2) is 47.2 Å². The van der Waals surface area contributed by atoms with E-state index in [1.165, 1.54) is 0 Å². The minimum absolute atomic E-state index is 0.0187. The molecule has 0 aromatic rings. The standard InChI is InChI=1S/C6H12O5S2/c1-13(10,11)5-4-12(9)3-2-6(7)8/h2-5H2,1H3,(H,7,8). The normalized spacial score (nSPS) is 13.9. The van der Waals surface area contributed by atoms with Crippen LogP contribution in [0.15, 0.2) is 0 Å². The molecule has 0 aliphatic heterocycles. The number of carbonyl (C=O) groups is 1. The predicted octanol–water partition coefficient (Wildman–Crippen LogP) is -0.746. The van der Waals surface area contributed by atoms with Crippen LogP contribution in [-0.2, 0) is 25.4 Å². The highest BCUT2D eigenvalue weighted by Crippen LogP contribution is 1.91. The Morgan fingerprint density at radius 3 is 2.31 bits per heavy atom. The second-order valence-corrected chi connectivity index (χ2v) is 6.58. The summed E-state index contributed by atoms with van der Waals surface area (Å²) < 4.78 is 32.2. The predicted molar refractivity (Wildman–Crippen MR) is 49.8 cm³/mol. The van der Waals surface area contributed by atoms with Gasteiger partial charge < -0.3 is 5.11 Å². The van der Waals surface area contributed by atoms with E-state index in [-0.39, 0.29) is 23.7 Å². The van der Waals surface area contributed by atoms with E-state index < -0.39 is 26.6 Å². The van der Waals surface area contributed by atoms with Crippen LogP contribution in [0.3, 0.4) is 0 Å². The third kappa shape index (κ3) is 9.48. The number of hydrogen-bond donors (Lipinski definition) is 1. The van der Waals surface area contributed by atoms with Gasteiger partial charge in [0.05, 0.1) is 12.2 Å². The van der Waals surface area contributed by atoms with Crippen molar-refractivity contribution in [3.05, 3.63) is 0 Å². The van der Waals surface area contributed by atoms with E-state index in [0.29, 0.717) is 0 Å². The van der Waals surface area contributed by atoms with Crippen molar-refractivity contribution in [1.29, 1.82) is 0 Å². The molecule has 0 spiro atoms. The van der Waals surface area contributed by atoms with Crippen molar-refractivity contribution in [2.24, 2.45) is 0 Å². The summed E-state index contributed by atoms with van der Waals surface area (Å²) in [5, 5.41) is 8.24. The van der Waals surface area contributed by atoms with Crippen molar-refractivity contribution in [1.82, 2.24) is 0 Å². The van der Waals surface area contributed by atoms with Gasteiger partial charge in [-0.3, -0.25) is 9.00 Å². The van der Waals surface area contributed by atoms with Gasteiger partial charge in [-0.15, -0.1) is 0 Å². The van der Waals surface area contributed by atoms with Crippen molar-refractivity contribution < 1.29 is 22.5 Å². The van der Waals surface area contributed by atoms with Gasteiger partial charge in [0, 0.05) is 28.6 Å². The van der Waals surface area contributed by atoms with Gasteiger partial charge in [0.2, 0.25) is 0 Å². The summed E-state index contributed by atoms with van der Waals surface area (Å²) in [4.78, 5) is 10.1. The Kier molecular flexibility index (Phi) is 5.16. The quantitative estimate of drug-likeness (QED) is 0.646. The summed E-state index contributed by atoms with van der Waals surface area (Å²) in [6, 6.07) is 0. The van der Waals surface area contributed by atoms with Gasteiger partial charge in [0.1, 0.15) is 9.84 Å². The summed E-state index contributed by atoms with van der Waals surface area (Å²) in [5.74, 6) is -1.14. The molecule has 0 aliphatic carbocycles. The molecule has 13 heavy (non-hydrogen) atoms. The first kappa shape index (κ1) is 12.6. The van der Waals surface area contributed by atoms with Crippen LogP contribution >= 0.6 is 0 Å². The van der Waals surface area contributed by atoms with E-state index in [9.17, 15) is 17.4 Å². The number of sulfone groups is 1. The SMILES string of the molecule is CS(=O)(=O)CCS(=O)CCC(=O)O. The maximum atomic E-state index is 11.0. The first-order valence-electron chi connectivity index (χ1n) is 3.56. The Balaban J connectivity index is 3.71. The van der Waals surface area contributed by atoms with Gasteiger partial charge in [-0.05, 0) is 0 Å². The maximum absolute atomic E-state index is 11.0. The summed E-state index contributed by atoms with van der Waals surface area (Å²) in [6.45, 7) is 0. The zero-order valence-corrected chi connectivity index (χ0v) is 8.86. The van der Waals surface area contributed by atoms with Crippen molar-refractivity contribution in [3.8, 4) is 0 Å². The third-order valence-corrected chi connectivity index (χ3v) is 3.75. The fourth-order valence-electron chi connectivity index (χ4n) is 0.548. The van der Waals surface area contributed by atoms with E-state index in [2.05, 4.69) is 0 Å². The topological polar surface area (TPSA) is 88.5 Å². The van der Waals surface area contributed by atoms with Gasteiger partial charge in [0.25, 0.3) is 0 Å². The van der Waals surface area contributed by atoms with Crippen LogP contribution in [0, 0.1) is 0 Å². The van der Waals surface area contributed by atoms with Crippen LogP contribution < -0.4 is 0 Å². The average Bonchev–Trinajstić information content (AvgIpc) is 1.95. The molecule has 0 rings (SSSR count). The Bertz CT molecular complexity index is 292. The molecule has 7 heteroatoms. The molecule has 1 N–H and O–H groups in total. The summed E-state index contributed by atoms with van der Waals surface area (Å²) in [6.07, 6.45) is 0.873. The molecule has 0 heterocycles. The van der Waals surface area contributed by atoms with Crippen molar-refractivity contribution in [2.75, 3.05) is 23.5 Å². The summed E-state index contributed by atoms with van der Waals surface area (Å²) in [5.41, 5.74) is 0. The molecule has 1 unspecified atom stereocenters. The fourth-order valence-corrected chi connectivity index (χ4v) is 3.11. The van der Waals surface area contributed by atoms with Crippen LogP contribution in [0.2, 0.25) is 0 Å². The molecule has 78 valence electrons. The molecule has 0 radical (unpaired) electrons. The summed E-state index contributed by atoms with van der Waals surface area (Å²) in [7, 11) is -4.45. The molecule has 0 fully saturated rings. The Morgan fingerprint density at radius 1 is 1.38 bits per heavy atom. The second kappa shape index (κ2) is 5.33. The highest BCUT2D eigenvalue weighted by atomic mass is 32.2. The van der Waals surface area contributed by atoms with Crippen molar-refractivity contribution in [3.63, 3.8) is 0 Å². The zero-order chi connectivity index (χ0) is 10.5. The number of rotatable bonds is 6. The van der Waals surface area contributed by atoms with Gasteiger partial charge in [-0.25, -0.2) is 8.42 Å². The molecule has 0 aromatic carbocycles. The molecule has 0 saturated heterocycles. The van der Waals surface area contributed by atoms with Gasteiger partial charge in [0.15, 0.2) is 0 Å². The minimum Gasteiger partial charge on any atom is -0.481 e. The smallest absolute Gasteiger partial charge is 0.304 e. The number of hydrogen-bond acceptors (Lipinski definition) is 4. The highest BCUT2D eigenvalue weighted by molar-refractivity contribution is 7.92. The van der Waals surface area contributed by atoms with Crippen LogP contribution in [0.25, 0.3) is 0 Å². The van der Waals surface area contributed by atoms with Gasteiger partial charge in [-0.1, -0.05) is 0 Å². The van der Waals surface area contributed by atoms with E-state index in [1.54, 1.807) is 0 Å². The average molecular weight is 228 g/mol. The van der Waals surface area contributed by atoms with E-state index in [4.69, 9.17) is 5.11 Å². The Hall–Kier alpha value is -0.430. The molecule has 5 nitrogen and oxygen atoms in total. The molecule has 0 saturated carbocycles. The van der Waals surface area contributed by atoms with Gasteiger partial charge in [-0.2, -0.15) is 0 Å². The monoisotopic (exact) mass is 228 g/mol. The highest BCUT2D eigenvalue weighted by Gasteiger charge is 2.08. The lowest BCUT2D eigenvalue weighted by Gasteiger charge is -1.98. The Morgan fingerprint density at radius 2 is 1.92 bits per heavy atom. The molecule has 0 aromatic heterocycles. The minimum atomic E-state index is -3.10. The lowest BCUT2D eigenvalue weighted by molar-refractivity contribution is -0.136. The maximum Gasteiger partial charge on any atom is 0.304 e. The van der Waals surface area contributed by atoms with Crippen molar-refractivity contribution in [2.45, 2.75) is 6.42 Å². The van der Waals surface area contributed by atoms with E-state index >= 15 is 0 Å². The zero-order valence-electron chi connectivity index (χ0n) is 7.23. The number of aliphatic carboxylic acids is 1. The van der Waals surface area contributed by atoms with Gasteiger partial charge >= 0.3 is 5.97 Å². The second-order valence-electron chi connectivity index (χ2n) is 2.62. The molecule has 0 amide bonds. The summed E-state index contributed by atoms with van der Waals surface area (Å²) >= 11 is 0. The largest absolute Gasteiger partial charge is 0.481 e. The van der Waals surface area contributed by atoms with Crippen LogP contribution in [0.5, 0.6) is 0 Å². The number of carboxylic acids is 1. The molecule has 0 bridgehead atoms. The first-order chi connectivity index (χ1) is 5.81. The van der Waals surface area contributed by atoms with Crippen molar-refractivity contribution >= 4 is 26.6 Å². The molecule has 0 aliphatic rings. The molecular weight excluding hydrogens is 216 g/mol. The van der Waals surface area contributed by atoms with Crippen LogP contribution in [0.4, 0.5) is 0 Å².